The van der Waals surface area contributed by atoms with Crippen molar-refractivity contribution in [2.45, 2.75) is 17.7 Å². The maximum Gasteiger partial charge on any atom is 0.255 e. The number of amides is 3. The van der Waals surface area contributed by atoms with Crippen molar-refractivity contribution in [2.75, 3.05) is 21.7 Å². The van der Waals surface area contributed by atoms with Crippen LogP contribution in [0, 0.1) is 0 Å². The lowest BCUT2D eigenvalue weighted by atomic mass is 10.0. The van der Waals surface area contributed by atoms with Crippen molar-refractivity contribution in [1.82, 2.24) is 0 Å². The molecule has 0 fully saturated rings. The number of rotatable bonds is 2. The van der Waals surface area contributed by atoms with E-state index >= 15 is 0 Å². The molecule has 0 atom stereocenters. The minimum absolute atomic E-state index is 0.0123. The standard InChI is InChI=1S/C18H15N3O3S/c22-16-6-2-10-7-12(3-4-13(10)20-16)19-18(24)11-1-5-15-14(8-11)21-17(23)9-25-15/h1,3-5,7-8H,2,6,9H2,(H,19,24)(H,20,22)(H,21,23). The Hall–Kier alpha value is -2.80. The number of hydrogen-bond donors (Lipinski definition) is 3. The van der Waals surface area contributed by atoms with Crippen LogP contribution in [0.1, 0.15) is 22.3 Å². The highest BCUT2D eigenvalue weighted by atomic mass is 32.2. The Morgan fingerprint density at radius 3 is 2.68 bits per heavy atom. The van der Waals surface area contributed by atoms with Crippen LogP contribution in [0.2, 0.25) is 0 Å². The summed E-state index contributed by atoms with van der Waals surface area (Å²) >= 11 is 1.46. The van der Waals surface area contributed by atoms with Crippen molar-refractivity contribution in [1.29, 1.82) is 0 Å². The Morgan fingerprint density at radius 1 is 0.960 bits per heavy atom. The van der Waals surface area contributed by atoms with Gasteiger partial charge in [0.05, 0.1) is 11.4 Å². The normalized spacial score (nSPS) is 15.5. The van der Waals surface area contributed by atoms with Crippen LogP contribution in [-0.2, 0) is 16.0 Å². The molecular weight excluding hydrogens is 338 g/mol. The monoisotopic (exact) mass is 353 g/mol. The third kappa shape index (κ3) is 3.23. The molecule has 4 rings (SSSR count). The summed E-state index contributed by atoms with van der Waals surface area (Å²) in [6.07, 6.45) is 1.11. The molecule has 0 saturated carbocycles. The Morgan fingerprint density at radius 2 is 1.80 bits per heavy atom. The number of hydrogen-bond acceptors (Lipinski definition) is 4. The second-order valence-electron chi connectivity index (χ2n) is 5.92. The highest BCUT2D eigenvalue weighted by Gasteiger charge is 2.18. The number of aryl methyl sites for hydroxylation is 1. The van der Waals surface area contributed by atoms with Crippen LogP contribution in [0.5, 0.6) is 0 Å². The van der Waals surface area contributed by atoms with Gasteiger partial charge in [0.15, 0.2) is 0 Å². The van der Waals surface area contributed by atoms with E-state index in [4.69, 9.17) is 0 Å². The van der Waals surface area contributed by atoms with Crippen molar-refractivity contribution < 1.29 is 14.4 Å². The van der Waals surface area contributed by atoms with Crippen LogP contribution in [-0.4, -0.2) is 23.5 Å². The van der Waals surface area contributed by atoms with Crippen molar-refractivity contribution in [3.63, 3.8) is 0 Å². The van der Waals surface area contributed by atoms with Crippen molar-refractivity contribution in [2.24, 2.45) is 0 Å². The summed E-state index contributed by atoms with van der Waals surface area (Å²) in [5.41, 5.74) is 3.62. The fourth-order valence-electron chi connectivity index (χ4n) is 2.89. The van der Waals surface area contributed by atoms with Crippen LogP contribution >= 0.6 is 11.8 Å². The second-order valence-corrected chi connectivity index (χ2v) is 6.94. The molecule has 3 N–H and O–H groups in total. The SMILES string of the molecule is O=C1CCc2cc(NC(=O)c3ccc4c(c3)NC(=O)CS4)ccc2N1. The topological polar surface area (TPSA) is 87.3 Å². The Kier molecular flexibility index (Phi) is 3.93. The van der Waals surface area contributed by atoms with E-state index in [1.807, 2.05) is 12.1 Å². The van der Waals surface area contributed by atoms with E-state index in [1.54, 1.807) is 24.3 Å². The maximum absolute atomic E-state index is 12.5. The van der Waals surface area contributed by atoms with Gasteiger partial charge in [-0.05, 0) is 48.4 Å². The molecule has 0 aliphatic carbocycles. The van der Waals surface area contributed by atoms with Gasteiger partial charge in [-0.2, -0.15) is 0 Å². The number of carbonyl (C=O) groups excluding carboxylic acids is 3. The van der Waals surface area contributed by atoms with Gasteiger partial charge in [0.25, 0.3) is 5.91 Å². The minimum atomic E-state index is -0.243. The number of benzene rings is 2. The summed E-state index contributed by atoms with van der Waals surface area (Å²) in [5.74, 6) is 0.0991. The Bertz CT molecular complexity index is 910. The molecule has 2 aliphatic rings. The number of nitrogens with one attached hydrogen (secondary N) is 3. The van der Waals surface area contributed by atoms with Gasteiger partial charge in [0.1, 0.15) is 0 Å². The third-order valence-electron chi connectivity index (χ3n) is 4.13. The van der Waals surface area contributed by atoms with E-state index < -0.39 is 0 Å². The van der Waals surface area contributed by atoms with E-state index in [0.717, 1.165) is 16.1 Å². The summed E-state index contributed by atoms with van der Waals surface area (Å²) in [6.45, 7) is 0. The van der Waals surface area contributed by atoms with E-state index in [2.05, 4.69) is 16.0 Å². The van der Waals surface area contributed by atoms with E-state index in [9.17, 15) is 14.4 Å². The highest BCUT2D eigenvalue weighted by Crippen LogP contribution is 2.32. The van der Waals surface area contributed by atoms with E-state index in [1.165, 1.54) is 11.8 Å². The quantitative estimate of drug-likeness (QED) is 0.775. The van der Waals surface area contributed by atoms with Gasteiger partial charge in [0, 0.05) is 28.3 Å². The molecule has 2 aliphatic heterocycles. The van der Waals surface area contributed by atoms with Gasteiger partial charge < -0.3 is 16.0 Å². The first kappa shape index (κ1) is 15.7. The van der Waals surface area contributed by atoms with E-state index in [0.29, 0.717) is 35.5 Å². The number of thioether (sulfide) groups is 1. The van der Waals surface area contributed by atoms with Gasteiger partial charge in [-0.3, -0.25) is 14.4 Å². The summed E-state index contributed by atoms with van der Waals surface area (Å²) in [7, 11) is 0. The summed E-state index contributed by atoms with van der Waals surface area (Å²) < 4.78 is 0. The molecule has 0 radical (unpaired) electrons. The zero-order valence-electron chi connectivity index (χ0n) is 13.2. The summed E-state index contributed by atoms with van der Waals surface area (Å²) in [5, 5.41) is 8.47. The van der Waals surface area contributed by atoms with E-state index in [-0.39, 0.29) is 17.7 Å². The molecule has 0 saturated heterocycles. The first-order valence-corrected chi connectivity index (χ1v) is 8.88. The van der Waals surface area contributed by atoms with Gasteiger partial charge >= 0.3 is 0 Å². The molecule has 2 aromatic rings. The highest BCUT2D eigenvalue weighted by molar-refractivity contribution is 8.00. The molecule has 126 valence electrons. The molecule has 7 heteroatoms. The lowest BCUT2D eigenvalue weighted by molar-refractivity contribution is -0.116. The zero-order valence-corrected chi connectivity index (χ0v) is 14.0. The lowest BCUT2D eigenvalue weighted by Crippen LogP contribution is -2.20. The number of carbonyl (C=O) groups is 3. The fourth-order valence-corrected chi connectivity index (χ4v) is 3.68. The van der Waals surface area contributed by atoms with Crippen molar-refractivity contribution in [3.05, 3.63) is 47.5 Å². The van der Waals surface area contributed by atoms with Crippen LogP contribution in [0.25, 0.3) is 0 Å². The van der Waals surface area contributed by atoms with Crippen LogP contribution < -0.4 is 16.0 Å². The molecule has 0 unspecified atom stereocenters. The van der Waals surface area contributed by atoms with Gasteiger partial charge in [0.2, 0.25) is 11.8 Å². The van der Waals surface area contributed by atoms with Gasteiger partial charge in [-0.15, -0.1) is 11.8 Å². The summed E-state index contributed by atoms with van der Waals surface area (Å²) in [4.78, 5) is 36.4. The molecule has 25 heavy (non-hydrogen) atoms. The fraction of sp³-hybridized carbons (Fsp3) is 0.167. The second kappa shape index (κ2) is 6.25. The first-order chi connectivity index (χ1) is 12.1. The van der Waals surface area contributed by atoms with Crippen molar-refractivity contribution in [3.8, 4) is 0 Å². The molecule has 6 nitrogen and oxygen atoms in total. The van der Waals surface area contributed by atoms with Crippen LogP contribution in [0.3, 0.4) is 0 Å². The zero-order chi connectivity index (χ0) is 17.4. The molecule has 2 aromatic carbocycles. The van der Waals surface area contributed by atoms with Gasteiger partial charge in [-0.25, -0.2) is 0 Å². The summed E-state index contributed by atoms with van der Waals surface area (Å²) in [6, 6.07) is 10.7. The molecular formula is C18H15N3O3S. The molecule has 0 aromatic heterocycles. The molecule has 2 heterocycles. The maximum atomic E-state index is 12.5. The Labute approximate surface area is 148 Å². The van der Waals surface area contributed by atoms with Crippen LogP contribution in [0.15, 0.2) is 41.3 Å². The number of fused-ring (bicyclic) bond motifs is 2. The predicted octanol–water partition coefficient (Wildman–Crippen LogP) is 2.87. The lowest BCUT2D eigenvalue weighted by Gasteiger charge is -2.18. The van der Waals surface area contributed by atoms with Crippen LogP contribution in [0.4, 0.5) is 17.1 Å². The number of anilines is 3. The average Bonchev–Trinajstić information content (AvgIpc) is 2.61. The minimum Gasteiger partial charge on any atom is -0.326 e. The third-order valence-corrected chi connectivity index (χ3v) is 5.21. The predicted molar refractivity (Wildman–Crippen MR) is 97.1 cm³/mol. The molecule has 3 amide bonds. The van der Waals surface area contributed by atoms with Gasteiger partial charge in [-0.1, -0.05) is 0 Å². The largest absolute Gasteiger partial charge is 0.326 e. The average molecular weight is 353 g/mol. The Balaban J connectivity index is 1.53. The first-order valence-electron chi connectivity index (χ1n) is 7.89. The van der Waals surface area contributed by atoms with Crippen molar-refractivity contribution >= 4 is 46.5 Å². The smallest absolute Gasteiger partial charge is 0.255 e. The molecule has 0 bridgehead atoms. The molecule has 0 spiro atoms.